The second-order valence-corrected chi connectivity index (χ2v) is 7.61. The minimum absolute atomic E-state index is 0.157. The molecule has 6 nitrogen and oxygen atoms in total. The molecule has 178 valence electrons. The topological polar surface area (TPSA) is 78.7 Å². The van der Waals surface area contributed by atoms with Crippen LogP contribution >= 0.6 is 0 Å². The number of halogens is 3. The van der Waals surface area contributed by atoms with Crippen LogP contribution < -0.4 is 20.1 Å². The molecule has 1 aliphatic carbocycles. The standard InChI is InChI=1S/C25H25F3N4O2/c1-33-22-13-12-20(16-23(22)34-21-10-2-3-11-21)32-24(31-17-29)30-14-5-4-7-18-8-6-9-19(15-18)25(26,27)28/h6,8-9,12-13,15-16,21H,2-3,5,10-11,14H2,1H3,(H2,30,31,32). The van der Waals surface area contributed by atoms with Gasteiger partial charge in [-0.25, -0.2) is 0 Å². The zero-order valence-electron chi connectivity index (χ0n) is 18.7. The van der Waals surface area contributed by atoms with E-state index in [9.17, 15) is 13.2 Å². The van der Waals surface area contributed by atoms with Crippen molar-refractivity contribution in [2.75, 3.05) is 19.0 Å². The van der Waals surface area contributed by atoms with Crippen molar-refractivity contribution in [1.29, 1.82) is 5.26 Å². The second-order valence-electron chi connectivity index (χ2n) is 7.61. The summed E-state index contributed by atoms with van der Waals surface area (Å²) in [6, 6.07) is 10.2. The van der Waals surface area contributed by atoms with E-state index in [0.717, 1.165) is 37.8 Å². The van der Waals surface area contributed by atoms with Crippen LogP contribution in [0.2, 0.25) is 0 Å². The number of guanidine groups is 1. The van der Waals surface area contributed by atoms with Crippen LogP contribution in [-0.4, -0.2) is 25.7 Å². The summed E-state index contributed by atoms with van der Waals surface area (Å²) >= 11 is 0. The molecule has 0 atom stereocenters. The summed E-state index contributed by atoms with van der Waals surface area (Å²) in [7, 11) is 1.58. The minimum Gasteiger partial charge on any atom is -0.493 e. The summed E-state index contributed by atoms with van der Waals surface area (Å²) in [6.45, 7) is 0.241. The number of nitrogens with one attached hydrogen (secondary N) is 2. The number of hydrogen-bond acceptors (Lipinski definition) is 4. The van der Waals surface area contributed by atoms with Crippen LogP contribution in [0.5, 0.6) is 11.5 Å². The SMILES string of the molecule is COc1ccc(NC(=NCCC#Cc2cccc(C(F)(F)F)c2)NC#N)cc1OC1CCCC1. The molecule has 2 N–H and O–H groups in total. The van der Waals surface area contributed by atoms with Gasteiger partial charge in [-0.05, 0) is 56.0 Å². The molecule has 9 heteroatoms. The number of rotatable bonds is 6. The van der Waals surface area contributed by atoms with Crippen LogP contribution in [0, 0.1) is 23.3 Å². The predicted molar refractivity (Wildman–Crippen MR) is 123 cm³/mol. The molecular formula is C25H25F3N4O2. The molecule has 1 saturated carbocycles. The third-order valence-corrected chi connectivity index (χ3v) is 5.13. The van der Waals surface area contributed by atoms with E-state index in [1.807, 2.05) is 6.19 Å². The van der Waals surface area contributed by atoms with Crippen LogP contribution in [0.15, 0.2) is 47.5 Å². The first-order valence-corrected chi connectivity index (χ1v) is 10.9. The zero-order valence-corrected chi connectivity index (χ0v) is 18.7. The maximum absolute atomic E-state index is 12.8. The van der Waals surface area contributed by atoms with E-state index < -0.39 is 11.7 Å². The lowest BCUT2D eigenvalue weighted by Crippen LogP contribution is -2.27. The van der Waals surface area contributed by atoms with E-state index in [1.165, 1.54) is 12.1 Å². The van der Waals surface area contributed by atoms with E-state index in [1.54, 1.807) is 25.3 Å². The summed E-state index contributed by atoms with van der Waals surface area (Å²) in [5.74, 6) is 6.97. The first-order chi connectivity index (χ1) is 16.4. The Morgan fingerprint density at radius 1 is 1.15 bits per heavy atom. The van der Waals surface area contributed by atoms with Gasteiger partial charge in [0.2, 0.25) is 5.96 Å². The van der Waals surface area contributed by atoms with Gasteiger partial charge >= 0.3 is 6.18 Å². The maximum atomic E-state index is 12.8. The van der Waals surface area contributed by atoms with E-state index in [0.29, 0.717) is 23.6 Å². The summed E-state index contributed by atoms with van der Waals surface area (Å²) < 4.78 is 49.9. The number of alkyl halides is 3. The molecule has 0 bridgehead atoms. The summed E-state index contributed by atoms with van der Waals surface area (Å²) in [4.78, 5) is 4.29. The highest BCUT2D eigenvalue weighted by molar-refractivity contribution is 5.94. The molecule has 0 spiro atoms. The zero-order chi connectivity index (χ0) is 24.4. The Kier molecular flexibility index (Phi) is 8.64. The van der Waals surface area contributed by atoms with E-state index >= 15 is 0 Å². The van der Waals surface area contributed by atoms with E-state index in [4.69, 9.17) is 14.7 Å². The average Bonchev–Trinajstić information content (AvgIpc) is 3.32. The Morgan fingerprint density at radius 3 is 2.65 bits per heavy atom. The van der Waals surface area contributed by atoms with Gasteiger partial charge in [0.15, 0.2) is 17.7 Å². The van der Waals surface area contributed by atoms with Crippen LogP contribution in [0.1, 0.15) is 43.2 Å². The van der Waals surface area contributed by atoms with Gasteiger partial charge in [-0.2, -0.15) is 18.4 Å². The number of nitrogens with zero attached hydrogens (tertiary/aromatic N) is 2. The third-order valence-electron chi connectivity index (χ3n) is 5.13. The molecule has 0 saturated heterocycles. The maximum Gasteiger partial charge on any atom is 0.416 e. The molecule has 2 aromatic carbocycles. The lowest BCUT2D eigenvalue weighted by atomic mass is 10.1. The van der Waals surface area contributed by atoms with Crippen LogP contribution in [0.4, 0.5) is 18.9 Å². The molecule has 3 rings (SSSR count). The minimum atomic E-state index is -4.41. The Morgan fingerprint density at radius 2 is 1.94 bits per heavy atom. The van der Waals surface area contributed by atoms with E-state index in [2.05, 4.69) is 27.5 Å². The molecule has 1 fully saturated rings. The molecule has 2 aromatic rings. The number of aliphatic imine (C=N–C) groups is 1. The molecule has 1 aliphatic rings. The van der Waals surface area contributed by atoms with Gasteiger partial charge in [-0.15, -0.1) is 0 Å². The van der Waals surface area contributed by atoms with Gasteiger partial charge < -0.3 is 14.8 Å². The number of anilines is 1. The number of ether oxygens (including phenoxy) is 2. The fourth-order valence-electron chi connectivity index (χ4n) is 3.49. The van der Waals surface area contributed by atoms with Gasteiger partial charge in [-0.3, -0.25) is 10.3 Å². The van der Waals surface area contributed by atoms with Crippen molar-refractivity contribution in [2.45, 2.75) is 44.4 Å². The van der Waals surface area contributed by atoms with Crippen molar-refractivity contribution >= 4 is 11.6 Å². The molecule has 0 unspecified atom stereocenters. The Bertz CT molecular complexity index is 1110. The normalized spacial score (nSPS) is 14.0. The predicted octanol–water partition coefficient (Wildman–Crippen LogP) is 5.32. The summed E-state index contributed by atoms with van der Waals surface area (Å²) in [6.07, 6.45) is 2.17. The van der Waals surface area contributed by atoms with Crippen molar-refractivity contribution in [1.82, 2.24) is 5.32 Å². The van der Waals surface area contributed by atoms with Crippen LogP contribution in [0.3, 0.4) is 0 Å². The van der Waals surface area contributed by atoms with Crippen molar-refractivity contribution < 1.29 is 22.6 Å². The average molecular weight is 470 g/mol. The largest absolute Gasteiger partial charge is 0.493 e. The molecule has 34 heavy (non-hydrogen) atoms. The number of methoxy groups -OCH3 is 1. The Hall–Kier alpha value is -3.85. The highest BCUT2D eigenvalue weighted by Gasteiger charge is 2.30. The number of nitriles is 1. The Balaban J connectivity index is 1.63. The van der Waals surface area contributed by atoms with Crippen LogP contribution in [0.25, 0.3) is 0 Å². The molecular weight excluding hydrogens is 445 g/mol. The number of hydrogen-bond donors (Lipinski definition) is 2. The van der Waals surface area contributed by atoms with Crippen molar-refractivity contribution in [3.8, 4) is 29.5 Å². The quantitative estimate of drug-likeness (QED) is 0.149. The van der Waals surface area contributed by atoms with Crippen molar-refractivity contribution in [2.24, 2.45) is 4.99 Å². The fraction of sp³-hybridized carbons (Fsp3) is 0.360. The van der Waals surface area contributed by atoms with Gasteiger partial charge in [0.1, 0.15) is 0 Å². The summed E-state index contributed by atoms with van der Waals surface area (Å²) in [5.41, 5.74) is 0.198. The first kappa shape index (κ1) is 24.8. The molecule has 0 amide bonds. The lowest BCUT2D eigenvalue weighted by Gasteiger charge is -2.17. The molecule has 0 aliphatic heterocycles. The monoisotopic (exact) mass is 470 g/mol. The number of benzene rings is 2. The summed E-state index contributed by atoms with van der Waals surface area (Å²) in [5, 5.41) is 14.6. The lowest BCUT2D eigenvalue weighted by molar-refractivity contribution is -0.137. The highest BCUT2D eigenvalue weighted by Crippen LogP contribution is 2.34. The van der Waals surface area contributed by atoms with Crippen molar-refractivity contribution in [3.05, 3.63) is 53.6 Å². The molecule has 0 radical (unpaired) electrons. The van der Waals surface area contributed by atoms with Gasteiger partial charge in [-0.1, -0.05) is 17.9 Å². The Labute approximate surface area is 196 Å². The van der Waals surface area contributed by atoms with Crippen LogP contribution in [-0.2, 0) is 6.18 Å². The molecule has 0 heterocycles. The van der Waals surface area contributed by atoms with Gasteiger partial charge in [0.25, 0.3) is 0 Å². The highest BCUT2D eigenvalue weighted by atomic mass is 19.4. The molecule has 0 aromatic heterocycles. The first-order valence-electron chi connectivity index (χ1n) is 10.9. The fourth-order valence-corrected chi connectivity index (χ4v) is 3.49. The van der Waals surface area contributed by atoms with Gasteiger partial charge in [0, 0.05) is 23.7 Å². The third kappa shape index (κ3) is 7.35. The van der Waals surface area contributed by atoms with E-state index in [-0.39, 0.29) is 24.2 Å². The van der Waals surface area contributed by atoms with Crippen molar-refractivity contribution in [3.63, 3.8) is 0 Å². The smallest absolute Gasteiger partial charge is 0.416 e. The van der Waals surface area contributed by atoms with Gasteiger partial charge in [0.05, 0.1) is 25.3 Å². The second kappa shape index (κ2) is 11.9.